The van der Waals surface area contributed by atoms with Gasteiger partial charge in [0.2, 0.25) is 0 Å². The van der Waals surface area contributed by atoms with E-state index in [0.717, 1.165) is 37.8 Å². The number of rotatable bonds is 8. The van der Waals surface area contributed by atoms with Gasteiger partial charge in [-0.1, -0.05) is 38.4 Å². The third-order valence-corrected chi connectivity index (χ3v) is 3.05. The quantitative estimate of drug-likeness (QED) is 0.712. The predicted octanol–water partition coefficient (Wildman–Crippen LogP) is 4.26. The fourth-order valence-electron chi connectivity index (χ4n) is 1.71. The molecule has 0 heterocycles. The third-order valence-electron chi connectivity index (χ3n) is 2.76. The molecule has 0 bridgehead atoms. The molecule has 0 fully saturated rings. The lowest BCUT2D eigenvalue weighted by Gasteiger charge is -2.10. The van der Waals surface area contributed by atoms with Gasteiger partial charge in [0.25, 0.3) is 0 Å². The SMILES string of the molecule is CCNCc1ccc(OCCCC(C)C)c(Cl)c1. The minimum absolute atomic E-state index is 0.704. The maximum Gasteiger partial charge on any atom is 0.137 e. The summed E-state index contributed by atoms with van der Waals surface area (Å²) in [6, 6.07) is 6.00. The first-order valence-corrected chi connectivity index (χ1v) is 7.13. The van der Waals surface area contributed by atoms with E-state index >= 15 is 0 Å². The second-order valence-electron chi connectivity index (χ2n) is 4.93. The van der Waals surface area contributed by atoms with Crippen molar-refractivity contribution in [2.75, 3.05) is 13.2 Å². The zero-order valence-corrected chi connectivity index (χ0v) is 12.4. The summed E-state index contributed by atoms with van der Waals surface area (Å²) in [4.78, 5) is 0. The first kappa shape index (κ1) is 15.3. The van der Waals surface area contributed by atoms with E-state index in [4.69, 9.17) is 16.3 Å². The zero-order chi connectivity index (χ0) is 13.4. The fraction of sp³-hybridized carbons (Fsp3) is 0.600. The lowest BCUT2D eigenvalue weighted by molar-refractivity contribution is 0.298. The van der Waals surface area contributed by atoms with E-state index in [1.807, 2.05) is 12.1 Å². The molecular formula is C15H24ClNO. The van der Waals surface area contributed by atoms with E-state index in [-0.39, 0.29) is 0 Å². The number of ether oxygens (including phenoxy) is 1. The first-order chi connectivity index (χ1) is 8.63. The molecular weight excluding hydrogens is 246 g/mol. The van der Waals surface area contributed by atoms with E-state index in [2.05, 4.69) is 32.2 Å². The summed E-state index contributed by atoms with van der Waals surface area (Å²) < 4.78 is 5.69. The van der Waals surface area contributed by atoms with Crippen LogP contribution in [0.25, 0.3) is 0 Å². The average molecular weight is 270 g/mol. The van der Waals surface area contributed by atoms with Gasteiger partial charge in [-0.05, 0) is 43.0 Å². The van der Waals surface area contributed by atoms with Crippen molar-refractivity contribution in [3.05, 3.63) is 28.8 Å². The molecule has 0 amide bonds. The molecule has 0 saturated heterocycles. The van der Waals surface area contributed by atoms with Crippen molar-refractivity contribution in [2.24, 2.45) is 5.92 Å². The molecule has 0 unspecified atom stereocenters. The van der Waals surface area contributed by atoms with Crippen molar-refractivity contribution in [1.82, 2.24) is 5.32 Å². The summed E-state index contributed by atoms with van der Waals surface area (Å²) in [5.41, 5.74) is 1.19. The number of halogens is 1. The van der Waals surface area contributed by atoms with Crippen molar-refractivity contribution in [3.8, 4) is 5.75 Å². The third kappa shape index (κ3) is 5.74. The Morgan fingerprint density at radius 2 is 2.11 bits per heavy atom. The predicted molar refractivity (Wildman–Crippen MR) is 78.4 cm³/mol. The maximum atomic E-state index is 6.20. The minimum atomic E-state index is 0.704. The normalized spacial score (nSPS) is 10.9. The lowest BCUT2D eigenvalue weighted by atomic mass is 10.1. The Morgan fingerprint density at radius 1 is 1.33 bits per heavy atom. The Morgan fingerprint density at radius 3 is 2.72 bits per heavy atom. The summed E-state index contributed by atoms with van der Waals surface area (Å²) >= 11 is 6.20. The molecule has 1 rings (SSSR count). The summed E-state index contributed by atoms with van der Waals surface area (Å²) in [5.74, 6) is 1.52. The largest absolute Gasteiger partial charge is 0.492 e. The van der Waals surface area contributed by atoms with Gasteiger partial charge in [-0.25, -0.2) is 0 Å². The van der Waals surface area contributed by atoms with Crippen LogP contribution >= 0.6 is 11.6 Å². The van der Waals surface area contributed by atoms with Gasteiger partial charge in [-0.3, -0.25) is 0 Å². The highest BCUT2D eigenvalue weighted by Crippen LogP contribution is 2.25. The molecule has 2 nitrogen and oxygen atoms in total. The second kappa shape index (κ2) is 8.39. The van der Waals surface area contributed by atoms with Gasteiger partial charge in [0.15, 0.2) is 0 Å². The molecule has 0 atom stereocenters. The Kier molecular flexibility index (Phi) is 7.14. The van der Waals surface area contributed by atoms with Gasteiger partial charge in [0.1, 0.15) is 5.75 Å². The van der Waals surface area contributed by atoms with Crippen LogP contribution in [0.5, 0.6) is 5.75 Å². The van der Waals surface area contributed by atoms with Gasteiger partial charge in [-0.2, -0.15) is 0 Å². The molecule has 1 aromatic carbocycles. The Bertz CT molecular complexity index is 352. The molecule has 3 heteroatoms. The molecule has 0 radical (unpaired) electrons. The number of hydrogen-bond acceptors (Lipinski definition) is 2. The topological polar surface area (TPSA) is 21.3 Å². The Labute approximate surface area is 116 Å². The molecule has 0 aliphatic carbocycles. The van der Waals surface area contributed by atoms with Crippen molar-refractivity contribution < 1.29 is 4.74 Å². The van der Waals surface area contributed by atoms with Gasteiger partial charge in [-0.15, -0.1) is 0 Å². The molecule has 1 aromatic rings. The highest BCUT2D eigenvalue weighted by atomic mass is 35.5. The highest BCUT2D eigenvalue weighted by molar-refractivity contribution is 6.32. The van der Waals surface area contributed by atoms with Crippen LogP contribution in [0.1, 0.15) is 39.2 Å². The summed E-state index contributed by atoms with van der Waals surface area (Å²) in [6.07, 6.45) is 2.27. The van der Waals surface area contributed by atoms with E-state index in [1.54, 1.807) is 0 Å². The molecule has 0 aliphatic heterocycles. The van der Waals surface area contributed by atoms with Crippen LogP contribution in [0.2, 0.25) is 5.02 Å². The lowest BCUT2D eigenvalue weighted by Crippen LogP contribution is -2.11. The van der Waals surface area contributed by atoms with Crippen LogP contribution in [0.4, 0.5) is 0 Å². The van der Waals surface area contributed by atoms with Crippen molar-refractivity contribution in [2.45, 2.75) is 40.2 Å². The van der Waals surface area contributed by atoms with Crippen LogP contribution in [0, 0.1) is 5.92 Å². The van der Waals surface area contributed by atoms with E-state index in [1.165, 1.54) is 12.0 Å². The molecule has 0 aliphatic rings. The minimum Gasteiger partial charge on any atom is -0.492 e. The average Bonchev–Trinajstić information content (AvgIpc) is 2.33. The van der Waals surface area contributed by atoms with Gasteiger partial charge in [0.05, 0.1) is 11.6 Å². The van der Waals surface area contributed by atoms with Gasteiger partial charge < -0.3 is 10.1 Å². The van der Waals surface area contributed by atoms with Crippen LogP contribution in [-0.4, -0.2) is 13.2 Å². The van der Waals surface area contributed by atoms with Crippen LogP contribution in [-0.2, 0) is 6.54 Å². The van der Waals surface area contributed by atoms with Crippen LogP contribution in [0.3, 0.4) is 0 Å². The summed E-state index contributed by atoms with van der Waals surface area (Å²) in [5, 5.41) is 3.98. The number of benzene rings is 1. The Hall–Kier alpha value is -0.730. The van der Waals surface area contributed by atoms with Crippen LogP contribution in [0.15, 0.2) is 18.2 Å². The molecule has 18 heavy (non-hydrogen) atoms. The van der Waals surface area contributed by atoms with E-state index < -0.39 is 0 Å². The van der Waals surface area contributed by atoms with Crippen molar-refractivity contribution in [3.63, 3.8) is 0 Å². The zero-order valence-electron chi connectivity index (χ0n) is 11.6. The standard InChI is InChI=1S/C15H24ClNO/c1-4-17-11-13-7-8-15(14(16)10-13)18-9-5-6-12(2)3/h7-8,10,12,17H,4-6,9,11H2,1-3H3. The first-order valence-electron chi connectivity index (χ1n) is 6.75. The highest BCUT2D eigenvalue weighted by Gasteiger charge is 2.03. The van der Waals surface area contributed by atoms with Crippen LogP contribution < -0.4 is 10.1 Å². The van der Waals surface area contributed by atoms with E-state index in [0.29, 0.717) is 5.02 Å². The maximum absolute atomic E-state index is 6.20. The summed E-state index contributed by atoms with van der Waals surface area (Å²) in [7, 11) is 0. The van der Waals surface area contributed by atoms with Gasteiger partial charge >= 0.3 is 0 Å². The molecule has 102 valence electrons. The van der Waals surface area contributed by atoms with Crippen molar-refractivity contribution in [1.29, 1.82) is 0 Å². The second-order valence-corrected chi connectivity index (χ2v) is 5.34. The smallest absolute Gasteiger partial charge is 0.137 e. The van der Waals surface area contributed by atoms with Crippen molar-refractivity contribution >= 4 is 11.6 Å². The number of hydrogen-bond donors (Lipinski definition) is 1. The monoisotopic (exact) mass is 269 g/mol. The summed E-state index contributed by atoms with van der Waals surface area (Å²) in [6.45, 7) is 9.10. The fourth-order valence-corrected chi connectivity index (χ4v) is 1.97. The van der Waals surface area contributed by atoms with E-state index in [9.17, 15) is 0 Å². The molecule has 0 spiro atoms. The van der Waals surface area contributed by atoms with Gasteiger partial charge in [0, 0.05) is 6.54 Å². The molecule has 0 aromatic heterocycles. The molecule has 1 N–H and O–H groups in total. The number of nitrogens with one attached hydrogen (secondary N) is 1. The molecule has 0 saturated carbocycles. The Balaban J connectivity index is 2.42.